The van der Waals surface area contributed by atoms with Crippen LogP contribution in [0.4, 0.5) is 0 Å². The molecule has 0 spiro atoms. The van der Waals surface area contributed by atoms with Crippen molar-refractivity contribution >= 4 is 34.5 Å². The molecule has 0 aliphatic heterocycles. The predicted octanol–water partition coefficient (Wildman–Crippen LogP) is 3.91. The summed E-state index contributed by atoms with van der Waals surface area (Å²) in [6, 6.07) is 0. The normalized spacial score (nSPS) is 27.2. The molecule has 0 bridgehead atoms. The van der Waals surface area contributed by atoms with Gasteiger partial charge in [0.25, 0.3) is 0 Å². The molecule has 0 amide bonds. The molecule has 0 heterocycles. The van der Waals surface area contributed by atoms with Gasteiger partial charge in [0.2, 0.25) is 0 Å². The summed E-state index contributed by atoms with van der Waals surface area (Å²) in [5, 5.41) is 9.19. The highest BCUT2D eigenvalue weighted by molar-refractivity contribution is 14.1. The van der Waals surface area contributed by atoms with E-state index in [0.717, 1.165) is 51.4 Å². The van der Waals surface area contributed by atoms with Crippen LogP contribution in [-0.2, 0) is 23.8 Å². The number of ether oxygens (including phenoxy) is 3. The molecule has 2 fully saturated rings. The summed E-state index contributed by atoms with van der Waals surface area (Å²) in [4.78, 5) is 24.5. The van der Waals surface area contributed by atoms with Gasteiger partial charge in [-0.05, 0) is 70.1 Å². The van der Waals surface area contributed by atoms with Crippen LogP contribution in [0, 0.1) is 11.8 Å². The Bertz CT molecular complexity index is 388. The first kappa shape index (κ1) is 26.6. The number of carbonyl (C=O) groups excluding carboxylic acids is 2. The Balaban J connectivity index is 0.000000460. The van der Waals surface area contributed by atoms with Gasteiger partial charge in [-0.2, -0.15) is 0 Å². The van der Waals surface area contributed by atoms with Gasteiger partial charge in [-0.25, -0.2) is 0 Å². The fraction of sp³-hybridized carbons (Fsp3) is 0.900. The van der Waals surface area contributed by atoms with E-state index in [0.29, 0.717) is 19.3 Å². The molecule has 0 unspecified atom stereocenters. The fourth-order valence-electron chi connectivity index (χ4n) is 3.37. The number of aliphatic hydroxyl groups is 1. The molecule has 160 valence electrons. The quantitative estimate of drug-likeness (QED) is 0.350. The van der Waals surface area contributed by atoms with Crippen LogP contribution in [0.15, 0.2) is 0 Å². The Morgan fingerprint density at radius 2 is 1.19 bits per heavy atom. The lowest BCUT2D eigenvalue weighted by Crippen LogP contribution is -2.26. The lowest BCUT2D eigenvalue weighted by molar-refractivity contribution is -0.150. The lowest BCUT2D eigenvalue weighted by atomic mass is 9.87. The standard InChI is InChI=1S/C10H18O3.C9H16O3.CH3I/c1-3-13-10(11)8-4-6-9(12-2)7-5-8;1-2-12-9(11)7-3-5-8(10)6-4-7;1-2/h8-9H,3-7H2,1-2H3;7-8,10H,2-6H2,1H3;1H3. The summed E-state index contributed by atoms with van der Waals surface area (Å²) in [5.41, 5.74) is 0. The van der Waals surface area contributed by atoms with Crippen LogP contribution in [0.2, 0.25) is 0 Å². The average Bonchev–Trinajstić information content (AvgIpc) is 2.71. The molecule has 6 nitrogen and oxygen atoms in total. The van der Waals surface area contributed by atoms with Gasteiger partial charge in [0.1, 0.15) is 0 Å². The minimum Gasteiger partial charge on any atom is -0.466 e. The first-order valence-electron chi connectivity index (χ1n) is 9.93. The summed E-state index contributed by atoms with van der Waals surface area (Å²) < 4.78 is 15.1. The largest absolute Gasteiger partial charge is 0.466 e. The topological polar surface area (TPSA) is 82.1 Å². The number of esters is 2. The second-order valence-corrected chi connectivity index (χ2v) is 6.72. The van der Waals surface area contributed by atoms with Gasteiger partial charge in [-0.3, -0.25) is 9.59 Å². The maximum absolute atomic E-state index is 11.3. The first-order chi connectivity index (χ1) is 13.0. The minimum atomic E-state index is -0.198. The molecule has 2 aliphatic carbocycles. The van der Waals surface area contributed by atoms with Gasteiger partial charge in [0.15, 0.2) is 0 Å². The third-order valence-electron chi connectivity index (χ3n) is 4.94. The zero-order valence-electron chi connectivity index (χ0n) is 17.2. The zero-order valence-corrected chi connectivity index (χ0v) is 19.4. The number of methoxy groups -OCH3 is 1. The summed E-state index contributed by atoms with van der Waals surface area (Å²) in [6.45, 7) is 4.61. The van der Waals surface area contributed by atoms with Crippen LogP contribution < -0.4 is 0 Å². The smallest absolute Gasteiger partial charge is 0.308 e. The van der Waals surface area contributed by atoms with E-state index in [9.17, 15) is 14.7 Å². The van der Waals surface area contributed by atoms with Gasteiger partial charge in [-0.1, -0.05) is 22.6 Å². The third kappa shape index (κ3) is 11.2. The maximum Gasteiger partial charge on any atom is 0.308 e. The molecule has 0 saturated heterocycles. The molecule has 2 aliphatic rings. The molecule has 0 radical (unpaired) electrons. The average molecular weight is 500 g/mol. The van der Waals surface area contributed by atoms with E-state index in [2.05, 4.69) is 22.6 Å². The van der Waals surface area contributed by atoms with Crippen molar-refractivity contribution in [2.45, 2.75) is 77.4 Å². The van der Waals surface area contributed by atoms with Gasteiger partial charge in [-0.15, -0.1) is 0 Å². The molecule has 2 saturated carbocycles. The molecular formula is C20H37IO6. The first-order valence-corrected chi connectivity index (χ1v) is 12.1. The van der Waals surface area contributed by atoms with Crippen LogP contribution >= 0.6 is 22.6 Å². The molecule has 0 aromatic carbocycles. The highest BCUT2D eigenvalue weighted by Gasteiger charge is 2.27. The second kappa shape index (κ2) is 16.5. The number of halogens is 1. The number of hydrogen-bond donors (Lipinski definition) is 1. The molecule has 0 aromatic heterocycles. The molecule has 1 N–H and O–H groups in total. The van der Waals surface area contributed by atoms with E-state index < -0.39 is 0 Å². The highest BCUT2D eigenvalue weighted by Crippen LogP contribution is 2.27. The van der Waals surface area contributed by atoms with Crippen molar-refractivity contribution in [2.75, 3.05) is 25.3 Å². The Morgan fingerprint density at radius 3 is 1.52 bits per heavy atom. The summed E-state index contributed by atoms with van der Waals surface area (Å²) in [5.74, 6) is 0.0288. The van der Waals surface area contributed by atoms with Crippen LogP contribution in [0.25, 0.3) is 0 Å². The molecule has 0 aromatic rings. The van der Waals surface area contributed by atoms with Gasteiger partial charge >= 0.3 is 11.9 Å². The van der Waals surface area contributed by atoms with Gasteiger partial charge < -0.3 is 19.3 Å². The Morgan fingerprint density at radius 1 is 0.815 bits per heavy atom. The SMILES string of the molecule is CCOC(=O)C1CCC(O)CC1.CCOC(=O)C1CCC(OC)CC1.CI. The van der Waals surface area contributed by atoms with Crippen LogP contribution in [0.1, 0.15) is 65.2 Å². The van der Waals surface area contributed by atoms with Crippen molar-refractivity contribution in [3.8, 4) is 0 Å². The van der Waals surface area contributed by atoms with Crippen molar-refractivity contribution in [3.05, 3.63) is 0 Å². The zero-order chi connectivity index (χ0) is 20.7. The van der Waals surface area contributed by atoms with Crippen molar-refractivity contribution < 1.29 is 28.9 Å². The van der Waals surface area contributed by atoms with Gasteiger partial charge in [0.05, 0.1) is 37.3 Å². The third-order valence-corrected chi connectivity index (χ3v) is 4.94. The Kier molecular flexibility index (Phi) is 16.3. The molecule has 2 rings (SSSR count). The van der Waals surface area contributed by atoms with E-state index in [1.165, 1.54) is 0 Å². The van der Waals surface area contributed by atoms with Crippen molar-refractivity contribution in [1.82, 2.24) is 0 Å². The summed E-state index contributed by atoms with van der Waals surface area (Å²) in [7, 11) is 1.73. The number of aliphatic hydroxyl groups excluding tert-OH is 1. The summed E-state index contributed by atoms with van der Waals surface area (Å²) in [6.07, 6.45) is 6.99. The number of hydrogen-bond acceptors (Lipinski definition) is 6. The van der Waals surface area contributed by atoms with Crippen LogP contribution in [0.5, 0.6) is 0 Å². The molecular weight excluding hydrogens is 463 g/mol. The van der Waals surface area contributed by atoms with Crippen LogP contribution in [0.3, 0.4) is 0 Å². The maximum atomic E-state index is 11.3. The molecule has 27 heavy (non-hydrogen) atoms. The van der Waals surface area contributed by atoms with Crippen molar-refractivity contribution in [2.24, 2.45) is 11.8 Å². The Labute approximate surface area is 177 Å². The van der Waals surface area contributed by atoms with E-state index in [1.54, 1.807) is 7.11 Å². The fourth-order valence-corrected chi connectivity index (χ4v) is 3.37. The highest BCUT2D eigenvalue weighted by atomic mass is 127. The summed E-state index contributed by atoms with van der Waals surface area (Å²) >= 11 is 2.15. The van der Waals surface area contributed by atoms with E-state index in [-0.39, 0.29) is 29.9 Å². The van der Waals surface area contributed by atoms with Gasteiger partial charge in [0, 0.05) is 7.11 Å². The lowest BCUT2D eigenvalue weighted by Gasteiger charge is -2.25. The number of alkyl halides is 1. The molecule has 0 atom stereocenters. The molecule has 7 heteroatoms. The second-order valence-electron chi connectivity index (χ2n) is 6.72. The number of carbonyl (C=O) groups is 2. The van der Waals surface area contributed by atoms with Crippen LogP contribution in [-0.4, -0.2) is 54.5 Å². The van der Waals surface area contributed by atoms with E-state index in [4.69, 9.17) is 14.2 Å². The monoisotopic (exact) mass is 500 g/mol. The number of rotatable bonds is 5. The van der Waals surface area contributed by atoms with Crippen molar-refractivity contribution in [3.63, 3.8) is 0 Å². The van der Waals surface area contributed by atoms with E-state index in [1.807, 2.05) is 18.8 Å². The minimum absolute atomic E-state index is 0.0305. The van der Waals surface area contributed by atoms with E-state index >= 15 is 0 Å². The predicted molar refractivity (Wildman–Crippen MR) is 114 cm³/mol. The van der Waals surface area contributed by atoms with Crippen molar-refractivity contribution in [1.29, 1.82) is 0 Å². The Hall–Kier alpha value is -0.410.